The number of carbonyl (C=O) groups excluding carboxylic acids is 1. The molecule has 1 saturated carbocycles. The van der Waals surface area contributed by atoms with Gasteiger partial charge < -0.3 is 10.6 Å². The molecule has 104 valence electrons. The molecule has 3 N–H and O–H groups in total. The zero-order chi connectivity index (χ0) is 13.8. The number of anilines is 1. The van der Waals surface area contributed by atoms with E-state index in [1.54, 1.807) is 0 Å². The minimum atomic E-state index is -0.0735. The Kier molecular flexibility index (Phi) is 2.43. The van der Waals surface area contributed by atoms with Gasteiger partial charge in [-0.3, -0.25) is 9.89 Å². The fourth-order valence-corrected chi connectivity index (χ4v) is 4.20. The van der Waals surface area contributed by atoms with Gasteiger partial charge in [0.2, 0.25) is 11.8 Å². The summed E-state index contributed by atoms with van der Waals surface area (Å²) in [6.45, 7) is 7.67. The monoisotopic (exact) mass is 263 g/mol. The van der Waals surface area contributed by atoms with Crippen molar-refractivity contribution < 1.29 is 4.79 Å². The van der Waals surface area contributed by atoms with Crippen LogP contribution < -0.4 is 5.73 Å². The number of nitrogens with two attached hydrogens (primary N) is 1. The predicted octanol–water partition coefficient (Wildman–Crippen LogP) is 1.43. The molecular formula is C13H21N5O. The highest BCUT2D eigenvalue weighted by Crippen LogP contribution is 2.52. The topological polar surface area (TPSA) is 87.9 Å². The van der Waals surface area contributed by atoms with E-state index in [1.807, 2.05) is 4.90 Å². The molecule has 1 aliphatic carbocycles. The van der Waals surface area contributed by atoms with Crippen LogP contribution in [0, 0.1) is 10.8 Å². The predicted molar refractivity (Wildman–Crippen MR) is 71.4 cm³/mol. The van der Waals surface area contributed by atoms with E-state index in [-0.39, 0.29) is 23.1 Å². The molecule has 0 radical (unpaired) electrons. The highest BCUT2D eigenvalue weighted by Gasteiger charge is 2.51. The standard InChI is InChI=1S/C13H21N5O/c1-12(2)4-8-5-13(3,6-12)7-18(8)10(19)9-15-11(14)17-16-9/h8H,4-7H2,1-3H3,(H3,14,15,16,17). The van der Waals surface area contributed by atoms with Gasteiger partial charge in [-0.05, 0) is 30.1 Å². The Labute approximate surface area is 112 Å². The smallest absolute Gasteiger partial charge is 0.291 e. The number of aromatic nitrogens is 3. The number of hydrogen-bond acceptors (Lipinski definition) is 4. The van der Waals surface area contributed by atoms with Crippen molar-refractivity contribution >= 4 is 11.9 Å². The quantitative estimate of drug-likeness (QED) is 0.802. The fourth-order valence-electron chi connectivity index (χ4n) is 4.20. The number of amides is 1. The third-order valence-corrected chi connectivity index (χ3v) is 4.38. The van der Waals surface area contributed by atoms with Gasteiger partial charge in [0.15, 0.2) is 0 Å². The van der Waals surface area contributed by atoms with Gasteiger partial charge in [0.1, 0.15) is 0 Å². The number of nitrogens with one attached hydrogen (secondary N) is 1. The van der Waals surface area contributed by atoms with Crippen molar-refractivity contribution in [2.45, 2.75) is 46.1 Å². The summed E-state index contributed by atoms with van der Waals surface area (Å²) < 4.78 is 0. The first-order chi connectivity index (χ1) is 8.78. The van der Waals surface area contributed by atoms with E-state index >= 15 is 0 Å². The Hall–Kier alpha value is -1.59. The van der Waals surface area contributed by atoms with Gasteiger partial charge in [-0.25, -0.2) is 0 Å². The number of hydrogen-bond donors (Lipinski definition) is 2. The second-order valence-electron chi connectivity index (χ2n) is 7.19. The lowest BCUT2D eigenvalue weighted by atomic mass is 9.65. The van der Waals surface area contributed by atoms with Crippen molar-refractivity contribution in [3.8, 4) is 0 Å². The number of aromatic amines is 1. The largest absolute Gasteiger partial charge is 0.366 e. The summed E-state index contributed by atoms with van der Waals surface area (Å²) in [7, 11) is 0. The van der Waals surface area contributed by atoms with Crippen LogP contribution in [0.3, 0.4) is 0 Å². The number of rotatable bonds is 1. The molecule has 2 atom stereocenters. The van der Waals surface area contributed by atoms with Crippen molar-refractivity contribution in [2.75, 3.05) is 12.3 Å². The van der Waals surface area contributed by atoms with Crippen LogP contribution in [0.4, 0.5) is 5.95 Å². The summed E-state index contributed by atoms with van der Waals surface area (Å²) in [5.41, 5.74) is 6.00. The molecule has 0 spiro atoms. The molecule has 2 fully saturated rings. The second-order valence-corrected chi connectivity index (χ2v) is 7.19. The third kappa shape index (κ3) is 2.09. The van der Waals surface area contributed by atoms with Crippen molar-refractivity contribution in [1.29, 1.82) is 0 Å². The zero-order valence-electron chi connectivity index (χ0n) is 11.7. The number of likely N-dealkylation sites (tertiary alicyclic amines) is 1. The summed E-state index contributed by atoms with van der Waals surface area (Å²) in [5, 5.41) is 6.35. The average molecular weight is 263 g/mol. The molecule has 19 heavy (non-hydrogen) atoms. The van der Waals surface area contributed by atoms with Gasteiger partial charge in [0, 0.05) is 12.6 Å². The molecule has 1 aromatic heterocycles. The minimum Gasteiger partial charge on any atom is -0.366 e. The molecule has 2 heterocycles. The SMILES string of the molecule is CC1(C)CC2CC(C)(CN2C(=O)c2nc(N)n[nH]2)C1. The van der Waals surface area contributed by atoms with Gasteiger partial charge >= 0.3 is 0 Å². The van der Waals surface area contributed by atoms with Crippen LogP contribution >= 0.6 is 0 Å². The van der Waals surface area contributed by atoms with Crippen molar-refractivity contribution in [3.05, 3.63) is 5.82 Å². The van der Waals surface area contributed by atoms with E-state index in [9.17, 15) is 4.79 Å². The maximum Gasteiger partial charge on any atom is 0.291 e. The van der Waals surface area contributed by atoms with E-state index in [0.29, 0.717) is 11.5 Å². The molecule has 1 saturated heterocycles. The van der Waals surface area contributed by atoms with Gasteiger partial charge in [-0.1, -0.05) is 20.8 Å². The minimum absolute atomic E-state index is 0.0735. The van der Waals surface area contributed by atoms with Crippen molar-refractivity contribution in [3.63, 3.8) is 0 Å². The van der Waals surface area contributed by atoms with Crippen LogP contribution in [0.1, 0.15) is 50.7 Å². The summed E-state index contributed by atoms with van der Waals surface area (Å²) in [5.74, 6) is 0.305. The Morgan fingerprint density at radius 3 is 2.79 bits per heavy atom. The molecule has 2 bridgehead atoms. The van der Waals surface area contributed by atoms with Crippen LogP contribution in [-0.2, 0) is 0 Å². The van der Waals surface area contributed by atoms with Crippen LogP contribution in [0.5, 0.6) is 0 Å². The summed E-state index contributed by atoms with van der Waals surface area (Å²) in [6.07, 6.45) is 3.31. The van der Waals surface area contributed by atoms with E-state index in [2.05, 4.69) is 36.0 Å². The van der Waals surface area contributed by atoms with Gasteiger partial charge in [-0.2, -0.15) is 4.98 Å². The van der Waals surface area contributed by atoms with Crippen LogP contribution in [0.25, 0.3) is 0 Å². The van der Waals surface area contributed by atoms with Gasteiger partial charge in [0.05, 0.1) is 0 Å². The first kappa shape index (κ1) is 12.4. The lowest BCUT2D eigenvalue weighted by Crippen LogP contribution is -2.38. The normalized spacial score (nSPS) is 32.6. The second kappa shape index (κ2) is 3.71. The molecular weight excluding hydrogens is 242 g/mol. The summed E-state index contributed by atoms with van der Waals surface area (Å²) in [4.78, 5) is 18.4. The van der Waals surface area contributed by atoms with Crippen molar-refractivity contribution in [1.82, 2.24) is 20.1 Å². The third-order valence-electron chi connectivity index (χ3n) is 4.38. The lowest BCUT2D eigenvalue weighted by Gasteiger charge is -2.39. The van der Waals surface area contributed by atoms with E-state index in [4.69, 9.17) is 5.73 Å². The Morgan fingerprint density at radius 2 is 2.16 bits per heavy atom. The Bertz CT molecular complexity index is 523. The zero-order valence-corrected chi connectivity index (χ0v) is 11.7. The molecule has 1 aliphatic heterocycles. The number of nitrogens with zero attached hydrogens (tertiary/aromatic N) is 3. The Morgan fingerprint density at radius 1 is 1.42 bits per heavy atom. The maximum atomic E-state index is 12.5. The molecule has 1 aromatic rings. The molecule has 0 aromatic carbocycles. The average Bonchev–Trinajstić information content (AvgIpc) is 2.78. The molecule has 2 aliphatic rings. The first-order valence-electron chi connectivity index (χ1n) is 6.77. The molecule has 6 nitrogen and oxygen atoms in total. The first-order valence-corrected chi connectivity index (χ1v) is 6.77. The summed E-state index contributed by atoms with van der Waals surface area (Å²) in [6, 6.07) is 0.313. The van der Waals surface area contributed by atoms with E-state index < -0.39 is 0 Å². The van der Waals surface area contributed by atoms with Crippen LogP contribution in [0.2, 0.25) is 0 Å². The maximum absolute atomic E-state index is 12.5. The number of H-pyrrole nitrogens is 1. The Balaban J connectivity index is 1.86. The lowest BCUT2D eigenvalue weighted by molar-refractivity contribution is 0.0696. The molecule has 6 heteroatoms. The van der Waals surface area contributed by atoms with Crippen LogP contribution in [-0.4, -0.2) is 38.6 Å². The number of nitrogen functional groups attached to an aromatic ring is 1. The highest BCUT2D eigenvalue weighted by molar-refractivity contribution is 5.91. The molecule has 1 amide bonds. The van der Waals surface area contributed by atoms with Gasteiger partial charge in [-0.15, -0.1) is 5.10 Å². The van der Waals surface area contributed by atoms with Crippen molar-refractivity contribution in [2.24, 2.45) is 10.8 Å². The highest BCUT2D eigenvalue weighted by atomic mass is 16.2. The number of fused-ring (bicyclic) bond motifs is 2. The van der Waals surface area contributed by atoms with E-state index in [0.717, 1.165) is 19.4 Å². The molecule has 2 unspecified atom stereocenters. The van der Waals surface area contributed by atoms with Gasteiger partial charge in [0.25, 0.3) is 5.91 Å². The molecule has 3 rings (SSSR count). The number of carbonyl (C=O) groups is 1. The van der Waals surface area contributed by atoms with E-state index in [1.165, 1.54) is 6.42 Å². The van der Waals surface area contributed by atoms with Crippen LogP contribution in [0.15, 0.2) is 0 Å². The fraction of sp³-hybridized carbons (Fsp3) is 0.769. The summed E-state index contributed by atoms with van der Waals surface area (Å²) >= 11 is 0.